The minimum Gasteiger partial charge on any atom is -0.338 e. The standard InChI is InChI=1S/C17H26ClNO/c18-4-5-19(15-2-1-3-15)17(20)16-13-7-11-6-12(9-13)10-14(16)8-11/h11-16H,1-10H2. The zero-order valence-corrected chi connectivity index (χ0v) is 13.0. The summed E-state index contributed by atoms with van der Waals surface area (Å²) in [6.07, 6.45) is 10.5. The van der Waals surface area contributed by atoms with Crippen molar-refractivity contribution < 1.29 is 4.79 Å². The van der Waals surface area contributed by atoms with Gasteiger partial charge in [0.05, 0.1) is 0 Å². The van der Waals surface area contributed by atoms with Crippen molar-refractivity contribution in [3.8, 4) is 0 Å². The molecule has 0 atom stereocenters. The van der Waals surface area contributed by atoms with Crippen molar-refractivity contribution >= 4 is 17.5 Å². The Balaban J connectivity index is 1.52. The molecule has 5 aliphatic rings. The lowest BCUT2D eigenvalue weighted by Crippen LogP contribution is -2.55. The van der Waals surface area contributed by atoms with Crippen molar-refractivity contribution in [1.29, 1.82) is 0 Å². The average Bonchev–Trinajstić information content (AvgIpc) is 2.34. The van der Waals surface area contributed by atoms with E-state index in [1.54, 1.807) is 0 Å². The van der Waals surface area contributed by atoms with E-state index < -0.39 is 0 Å². The van der Waals surface area contributed by atoms with Crippen LogP contribution in [0.15, 0.2) is 0 Å². The number of hydrogen-bond donors (Lipinski definition) is 0. The van der Waals surface area contributed by atoms with Crippen LogP contribution < -0.4 is 0 Å². The largest absolute Gasteiger partial charge is 0.338 e. The van der Waals surface area contributed by atoms with E-state index in [1.807, 2.05) is 0 Å². The summed E-state index contributed by atoms with van der Waals surface area (Å²) in [6, 6.07) is 0.512. The molecule has 0 aromatic rings. The van der Waals surface area contributed by atoms with Crippen LogP contribution in [0.25, 0.3) is 0 Å². The quantitative estimate of drug-likeness (QED) is 0.725. The Morgan fingerprint density at radius 1 is 1.00 bits per heavy atom. The molecule has 5 rings (SSSR count). The van der Waals surface area contributed by atoms with Gasteiger partial charge in [0.1, 0.15) is 0 Å². The fraction of sp³-hybridized carbons (Fsp3) is 0.941. The number of hydrogen-bond acceptors (Lipinski definition) is 1. The number of carbonyl (C=O) groups excluding carboxylic acids is 1. The SMILES string of the molecule is O=C(C1C2CC3CC(C2)CC1C3)N(CCCl)C1CCC1. The van der Waals surface area contributed by atoms with Crippen LogP contribution in [0.4, 0.5) is 0 Å². The predicted octanol–water partition coefficient (Wildman–Crippen LogP) is 3.68. The second-order valence-electron chi connectivity index (χ2n) is 7.76. The molecule has 112 valence electrons. The molecule has 0 heterocycles. The predicted molar refractivity (Wildman–Crippen MR) is 80.6 cm³/mol. The van der Waals surface area contributed by atoms with Gasteiger partial charge in [0.25, 0.3) is 0 Å². The Morgan fingerprint density at radius 2 is 1.60 bits per heavy atom. The number of nitrogens with zero attached hydrogens (tertiary/aromatic N) is 1. The summed E-state index contributed by atoms with van der Waals surface area (Å²) in [6.45, 7) is 0.772. The molecule has 0 spiro atoms. The minimum absolute atomic E-state index is 0.353. The van der Waals surface area contributed by atoms with Gasteiger partial charge in [-0.3, -0.25) is 4.79 Å². The Kier molecular flexibility index (Phi) is 3.48. The average molecular weight is 296 g/mol. The van der Waals surface area contributed by atoms with Gasteiger partial charge < -0.3 is 4.90 Å². The first kappa shape index (κ1) is 13.4. The van der Waals surface area contributed by atoms with Crippen LogP contribution >= 0.6 is 11.6 Å². The highest BCUT2D eigenvalue weighted by molar-refractivity contribution is 6.18. The van der Waals surface area contributed by atoms with Gasteiger partial charge in [-0.15, -0.1) is 11.6 Å². The summed E-state index contributed by atoms with van der Waals surface area (Å²) in [7, 11) is 0. The van der Waals surface area contributed by atoms with Crippen LogP contribution in [0.3, 0.4) is 0 Å². The van der Waals surface area contributed by atoms with Gasteiger partial charge in [-0.2, -0.15) is 0 Å². The van der Waals surface area contributed by atoms with E-state index in [-0.39, 0.29) is 0 Å². The van der Waals surface area contributed by atoms with E-state index in [9.17, 15) is 4.79 Å². The third-order valence-corrected chi connectivity index (χ3v) is 6.80. The summed E-state index contributed by atoms with van der Waals surface area (Å²) in [5, 5.41) is 0. The number of alkyl halides is 1. The van der Waals surface area contributed by atoms with Gasteiger partial charge in [-0.25, -0.2) is 0 Å². The molecule has 0 radical (unpaired) electrons. The van der Waals surface area contributed by atoms with Crippen molar-refractivity contribution in [3.63, 3.8) is 0 Å². The van der Waals surface area contributed by atoms with Gasteiger partial charge in [0.15, 0.2) is 0 Å². The molecule has 4 bridgehead atoms. The third-order valence-electron chi connectivity index (χ3n) is 6.64. The Bertz CT molecular complexity index is 364. The molecule has 0 aromatic heterocycles. The highest BCUT2D eigenvalue weighted by Crippen LogP contribution is 2.57. The summed E-state index contributed by atoms with van der Waals surface area (Å²) in [4.78, 5) is 15.3. The van der Waals surface area contributed by atoms with Gasteiger partial charge in [0.2, 0.25) is 5.91 Å². The van der Waals surface area contributed by atoms with E-state index in [0.29, 0.717) is 35.6 Å². The van der Waals surface area contributed by atoms with Crippen molar-refractivity contribution in [2.24, 2.45) is 29.6 Å². The first-order chi connectivity index (χ1) is 9.76. The van der Waals surface area contributed by atoms with Crippen molar-refractivity contribution in [2.75, 3.05) is 12.4 Å². The normalized spacial score (nSPS) is 42.5. The molecule has 5 saturated carbocycles. The summed E-state index contributed by atoms with van der Waals surface area (Å²) in [5.41, 5.74) is 0. The summed E-state index contributed by atoms with van der Waals surface area (Å²) < 4.78 is 0. The van der Waals surface area contributed by atoms with Gasteiger partial charge in [-0.1, -0.05) is 0 Å². The topological polar surface area (TPSA) is 20.3 Å². The maximum atomic E-state index is 13.1. The second kappa shape index (κ2) is 5.19. The number of amides is 1. The first-order valence-corrected chi connectivity index (χ1v) is 9.16. The lowest BCUT2D eigenvalue weighted by Gasteiger charge is -2.55. The zero-order valence-electron chi connectivity index (χ0n) is 12.3. The highest BCUT2D eigenvalue weighted by Gasteiger charge is 2.52. The van der Waals surface area contributed by atoms with Crippen molar-refractivity contribution in [2.45, 2.75) is 57.4 Å². The minimum atomic E-state index is 0.353. The number of halogens is 1. The number of rotatable bonds is 4. The molecule has 5 fully saturated rings. The zero-order chi connectivity index (χ0) is 13.7. The maximum absolute atomic E-state index is 13.1. The molecule has 0 aliphatic heterocycles. The molecular weight excluding hydrogens is 270 g/mol. The van der Waals surface area contributed by atoms with E-state index >= 15 is 0 Å². The van der Waals surface area contributed by atoms with E-state index in [0.717, 1.165) is 18.4 Å². The maximum Gasteiger partial charge on any atom is 0.226 e. The van der Waals surface area contributed by atoms with E-state index in [4.69, 9.17) is 11.6 Å². The first-order valence-electron chi connectivity index (χ1n) is 8.62. The van der Waals surface area contributed by atoms with Crippen LogP contribution in [-0.2, 0) is 4.79 Å². The Morgan fingerprint density at radius 3 is 2.05 bits per heavy atom. The molecule has 20 heavy (non-hydrogen) atoms. The number of carbonyl (C=O) groups is 1. The lowest BCUT2D eigenvalue weighted by molar-refractivity contribution is -0.152. The monoisotopic (exact) mass is 295 g/mol. The molecule has 0 unspecified atom stereocenters. The molecule has 3 heteroatoms. The van der Waals surface area contributed by atoms with Gasteiger partial charge in [-0.05, 0) is 75.0 Å². The molecule has 5 aliphatic carbocycles. The smallest absolute Gasteiger partial charge is 0.226 e. The molecule has 0 aromatic carbocycles. The van der Waals surface area contributed by atoms with Crippen LogP contribution in [0.5, 0.6) is 0 Å². The molecule has 2 nitrogen and oxygen atoms in total. The molecule has 1 amide bonds. The highest BCUT2D eigenvalue weighted by atomic mass is 35.5. The van der Waals surface area contributed by atoms with Gasteiger partial charge >= 0.3 is 0 Å². The molecule has 0 saturated heterocycles. The van der Waals surface area contributed by atoms with Crippen LogP contribution in [-0.4, -0.2) is 29.3 Å². The fourth-order valence-electron chi connectivity index (χ4n) is 5.78. The van der Waals surface area contributed by atoms with Crippen LogP contribution in [0, 0.1) is 29.6 Å². The van der Waals surface area contributed by atoms with E-state index in [2.05, 4.69) is 4.90 Å². The summed E-state index contributed by atoms with van der Waals surface area (Å²) >= 11 is 5.96. The Hall–Kier alpha value is -0.240. The second-order valence-corrected chi connectivity index (χ2v) is 8.14. The third kappa shape index (κ3) is 2.10. The van der Waals surface area contributed by atoms with Crippen molar-refractivity contribution in [3.05, 3.63) is 0 Å². The van der Waals surface area contributed by atoms with Gasteiger partial charge in [0, 0.05) is 24.4 Å². The van der Waals surface area contributed by atoms with Crippen LogP contribution in [0.1, 0.15) is 51.4 Å². The van der Waals surface area contributed by atoms with E-state index in [1.165, 1.54) is 51.4 Å². The molecular formula is C17H26ClNO. The lowest BCUT2D eigenvalue weighted by atomic mass is 9.51. The summed E-state index contributed by atoms with van der Waals surface area (Å²) in [5.74, 6) is 4.73. The Labute approximate surface area is 127 Å². The van der Waals surface area contributed by atoms with Crippen molar-refractivity contribution in [1.82, 2.24) is 4.90 Å². The van der Waals surface area contributed by atoms with Crippen LogP contribution in [0.2, 0.25) is 0 Å². The fourth-order valence-corrected chi connectivity index (χ4v) is 5.96. The molecule has 0 N–H and O–H groups in total.